The van der Waals surface area contributed by atoms with Crippen LogP contribution in [0.4, 0.5) is 11.5 Å². The van der Waals surface area contributed by atoms with E-state index in [9.17, 15) is 4.79 Å². The van der Waals surface area contributed by atoms with Gasteiger partial charge in [-0.2, -0.15) is 0 Å². The lowest BCUT2D eigenvalue weighted by molar-refractivity contribution is 0.0945. The highest BCUT2D eigenvalue weighted by Crippen LogP contribution is 2.16. The van der Waals surface area contributed by atoms with Gasteiger partial charge in [0.05, 0.1) is 12.4 Å². The molecular formula is C15H18ClN5O. The van der Waals surface area contributed by atoms with Crippen molar-refractivity contribution in [2.45, 2.75) is 0 Å². The Kier molecular flexibility index (Phi) is 5.68. The predicted octanol–water partition coefficient (Wildman–Crippen LogP) is 2.17. The van der Waals surface area contributed by atoms with Crippen molar-refractivity contribution in [3.8, 4) is 0 Å². The smallest absolute Gasteiger partial charge is 0.271 e. The van der Waals surface area contributed by atoms with Crippen LogP contribution in [0.3, 0.4) is 0 Å². The second kappa shape index (κ2) is 7.72. The number of hydrogen-bond acceptors (Lipinski definition) is 5. The molecule has 0 unspecified atom stereocenters. The van der Waals surface area contributed by atoms with Gasteiger partial charge in [0.15, 0.2) is 0 Å². The van der Waals surface area contributed by atoms with Crippen molar-refractivity contribution in [1.82, 2.24) is 20.2 Å². The van der Waals surface area contributed by atoms with Crippen molar-refractivity contribution in [1.29, 1.82) is 0 Å². The van der Waals surface area contributed by atoms with Gasteiger partial charge in [0.25, 0.3) is 5.91 Å². The Morgan fingerprint density at radius 2 is 1.91 bits per heavy atom. The van der Waals surface area contributed by atoms with Crippen molar-refractivity contribution >= 4 is 29.0 Å². The highest BCUT2D eigenvalue weighted by Gasteiger charge is 2.07. The van der Waals surface area contributed by atoms with Gasteiger partial charge in [-0.25, -0.2) is 9.97 Å². The lowest BCUT2D eigenvalue weighted by Gasteiger charge is -2.10. The summed E-state index contributed by atoms with van der Waals surface area (Å²) < 4.78 is 0. The highest BCUT2D eigenvalue weighted by molar-refractivity contribution is 6.30. The molecule has 0 saturated heterocycles. The Bertz CT molecular complexity index is 613. The van der Waals surface area contributed by atoms with Gasteiger partial charge in [-0.3, -0.25) is 4.79 Å². The molecule has 0 atom stereocenters. The average molecular weight is 320 g/mol. The molecular weight excluding hydrogens is 302 g/mol. The molecule has 2 rings (SSSR count). The number of aromatic nitrogens is 2. The molecule has 22 heavy (non-hydrogen) atoms. The highest BCUT2D eigenvalue weighted by atomic mass is 35.5. The Morgan fingerprint density at radius 3 is 2.50 bits per heavy atom. The molecule has 0 spiro atoms. The van der Waals surface area contributed by atoms with Crippen LogP contribution in [0.1, 0.15) is 10.5 Å². The summed E-state index contributed by atoms with van der Waals surface area (Å²) in [5.74, 6) is 0.333. The zero-order valence-corrected chi connectivity index (χ0v) is 13.3. The number of benzene rings is 1. The zero-order chi connectivity index (χ0) is 15.9. The molecule has 2 aromatic rings. The van der Waals surface area contributed by atoms with Crippen molar-refractivity contribution in [2.75, 3.05) is 32.5 Å². The molecule has 7 heteroatoms. The van der Waals surface area contributed by atoms with Crippen LogP contribution in [-0.2, 0) is 0 Å². The van der Waals surface area contributed by atoms with E-state index < -0.39 is 0 Å². The first kappa shape index (κ1) is 16.2. The van der Waals surface area contributed by atoms with Gasteiger partial charge < -0.3 is 15.5 Å². The summed E-state index contributed by atoms with van der Waals surface area (Å²) in [6.07, 6.45) is 2.97. The fourth-order valence-corrected chi connectivity index (χ4v) is 1.80. The minimum Gasteiger partial charge on any atom is -0.349 e. The number of hydrogen-bond donors (Lipinski definition) is 2. The van der Waals surface area contributed by atoms with E-state index in [-0.39, 0.29) is 5.91 Å². The summed E-state index contributed by atoms with van der Waals surface area (Å²) in [5, 5.41) is 6.54. The summed E-state index contributed by atoms with van der Waals surface area (Å²) in [4.78, 5) is 22.2. The van der Waals surface area contributed by atoms with Gasteiger partial charge >= 0.3 is 0 Å². The van der Waals surface area contributed by atoms with Gasteiger partial charge in [-0.1, -0.05) is 11.6 Å². The Morgan fingerprint density at radius 1 is 1.18 bits per heavy atom. The maximum Gasteiger partial charge on any atom is 0.271 e. The van der Waals surface area contributed by atoms with Gasteiger partial charge in [0.2, 0.25) is 0 Å². The average Bonchev–Trinajstić information content (AvgIpc) is 2.50. The largest absolute Gasteiger partial charge is 0.349 e. The molecule has 0 bridgehead atoms. The van der Waals surface area contributed by atoms with Crippen molar-refractivity contribution in [3.63, 3.8) is 0 Å². The second-order valence-corrected chi connectivity index (χ2v) is 5.41. The van der Waals surface area contributed by atoms with Crippen LogP contribution < -0.4 is 10.6 Å². The fourth-order valence-electron chi connectivity index (χ4n) is 1.67. The Labute approximate surface area is 134 Å². The van der Waals surface area contributed by atoms with Crippen molar-refractivity contribution in [3.05, 3.63) is 47.4 Å². The molecule has 1 aromatic heterocycles. The van der Waals surface area contributed by atoms with Crippen LogP contribution in [0.25, 0.3) is 0 Å². The maximum atomic E-state index is 11.9. The van der Waals surface area contributed by atoms with E-state index in [2.05, 4.69) is 20.6 Å². The number of carbonyl (C=O) groups excluding carboxylic acids is 1. The van der Waals surface area contributed by atoms with Crippen molar-refractivity contribution in [2.24, 2.45) is 0 Å². The van der Waals surface area contributed by atoms with E-state index in [4.69, 9.17) is 11.6 Å². The SMILES string of the molecule is CN(C)CCNC(=O)c1cnc(Nc2ccc(Cl)cc2)cn1. The molecule has 1 aromatic carbocycles. The number of likely N-dealkylation sites (N-methyl/N-ethyl adjacent to an activating group) is 1. The number of halogens is 1. The van der Waals surface area contributed by atoms with Gasteiger partial charge in [-0.15, -0.1) is 0 Å². The maximum absolute atomic E-state index is 11.9. The molecule has 0 saturated carbocycles. The van der Waals surface area contributed by atoms with Crippen LogP contribution in [0.2, 0.25) is 5.02 Å². The normalized spacial score (nSPS) is 10.5. The number of carbonyl (C=O) groups is 1. The third kappa shape index (κ3) is 4.98. The molecule has 2 N–H and O–H groups in total. The first-order chi connectivity index (χ1) is 10.5. The number of anilines is 2. The summed E-state index contributed by atoms with van der Waals surface area (Å²) >= 11 is 5.83. The molecule has 1 amide bonds. The molecule has 116 valence electrons. The Balaban J connectivity index is 1.92. The van der Waals surface area contributed by atoms with Crippen molar-refractivity contribution < 1.29 is 4.79 Å². The minimum atomic E-state index is -0.229. The third-order valence-electron chi connectivity index (χ3n) is 2.85. The summed E-state index contributed by atoms with van der Waals surface area (Å²) in [6, 6.07) is 7.24. The van der Waals surface area contributed by atoms with Crippen LogP contribution in [-0.4, -0.2) is 48.0 Å². The van der Waals surface area contributed by atoms with Gasteiger partial charge in [-0.05, 0) is 38.4 Å². The number of amides is 1. The first-order valence-electron chi connectivity index (χ1n) is 6.82. The minimum absolute atomic E-state index is 0.229. The van der Waals surface area contributed by atoms with E-state index >= 15 is 0 Å². The number of nitrogens with zero attached hydrogens (tertiary/aromatic N) is 3. The zero-order valence-electron chi connectivity index (χ0n) is 12.5. The monoisotopic (exact) mass is 319 g/mol. The van der Waals surface area contributed by atoms with Gasteiger partial charge in [0, 0.05) is 23.8 Å². The first-order valence-corrected chi connectivity index (χ1v) is 7.20. The second-order valence-electron chi connectivity index (χ2n) is 4.98. The molecule has 6 nitrogen and oxygen atoms in total. The van der Waals surface area contributed by atoms with E-state index in [1.54, 1.807) is 12.1 Å². The lowest BCUT2D eigenvalue weighted by atomic mass is 10.3. The van der Waals surface area contributed by atoms with Crippen LogP contribution in [0.5, 0.6) is 0 Å². The van der Waals surface area contributed by atoms with E-state index in [1.165, 1.54) is 12.4 Å². The van der Waals surface area contributed by atoms with Crippen LogP contribution in [0, 0.1) is 0 Å². The summed E-state index contributed by atoms with van der Waals surface area (Å²) in [6.45, 7) is 1.34. The standard InChI is InChI=1S/C15H18ClN5O/c1-21(2)8-7-17-15(22)13-9-19-14(10-18-13)20-12-5-3-11(16)4-6-12/h3-6,9-10H,7-8H2,1-2H3,(H,17,22)(H,19,20). The number of rotatable bonds is 6. The van der Waals surface area contributed by atoms with Crippen LogP contribution >= 0.6 is 11.6 Å². The van der Waals surface area contributed by atoms with Gasteiger partial charge in [0.1, 0.15) is 11.5 Å². The molecule has 0 aliphatic carbocycles. The number of nitrogens with one attached hydrogen (secondary N) is 2. The lowest BCUT2D eigenvalue weighted by Crippen LogP contribution is -2.31. The summed E-state index contributed by atoms with van der Waals surface area (Å²) in [5.41, 5.74) is 1.14. The predicted molar refractivity (Wildman–Crippen MR) is 87.7 cm³/mol. The third-order valence-corrected chi connectivity index (χ3v) is 3.10. The van der Waals surface area contributed by atoms with E-state index in [0.29, 0.717) is 23.1 Å². The van der Waals surface area contributed by atoms with E-state index in [0.717, 1.165) is 12.2 Å². The molecule has 0 radical (unpaired) electrons. The molecule has 1 heterocycles. The summed E-state index contributed by atoms with van der Waals surface area (Å²) in [7, 11) is 3.90. The van der Waals surface area contributed by atoms with E-state index in [1.807, 2.05) is 31.1 Å². The quantitative estimate of drug-likeness (QED) is 0.854. The Hall–Kier alpha value is -2.18. The topological polar surface area (TPSA) is 70.2 Å². The van der Waals surface area contributed by atoms with Crippen LogP contribution in [0.15, 0.2) is 36.7 Å². The molecule has 0 aliphatic heterocycles. The fraction of sp³-hybridized carbons (Fsp3) is 0.267. The molecule has 0 fully saturated rings. The molecule has 0 aliphatic rings.